The highest BCUT2D eigenvalue weighted by Crippen LogP contribution is 2.23. The fraction of sp³-hybridized carbons (Fsp3) is 0.533. The van der Waals surface area contributed by atoms with Crippen LogP contribution in [0, 0.1) is 0 Å². The van der Waals surface area contributed by atoms with E-state index in [9.17, 15) is 13.2 Å². The van der Waals surface area contributed by atoms with E-state index in [2.05, 4.69) is 0 Å². The Morgan fingerprint density at radius 1 is 1.33 bits per heavy atom. The summed E-state index contributed by atoms with van der Waals surface area (Å²) in [4.78, 5) is 14.2. The van der Waals surface area contributed by atoms with Crippen molar-refractivity contribution in [1.82, 2.24) is 4.90 Å². The van der Waals surface area contributed by atoms with Crippen molar-refractivity contribution >= 4 is 15.7 Å². The van der Waals surface area contributed by atoms with Gasteiger partial charge in [-0.3, -0.25) is 4.79 Å². The molecule has 2 rings (SSSR count). The van der Waals surface area contributed by atoms with Crippen LogP contribution in [0.15, 0.2) is 29.2 Å². The molecule has 1 aliphatic rings. The molecule has 0 N–H and O–H groups in total. The van der Waals surface area contributed by atoms with Gasteiger partial charge in [0.25, 0.3) is 5.91 Å². The third-order valence-electron chi connectivity index (χ3n) is 3.92. The third kappa shape index (κ3) is 3.63. The van der Waals surface area contributed by atoms with E-state index < -0.39 is 9.84 Å². The topological polar surface area (TPSA) is 63.7 Å². The predicted octanol–water partition coefficient (Wildman–Crippen LogP) is 1.79. The summed E-state index contributed by atoms with van der Waals surface area (Å²) >= 11 is 0. The molecule has 2 atom stereocenters. The van der Waals surface area contributed by atoms with Crippen LogP contribution in [0.3, 0.4) is 0 Å². The lowest BCUT2D eigenvalue weighted by Gasteiger charge is -2.27. The molecule has 0 aromatic heterocycles. The number of hydrogen-bond acceptors (Lipinski definition) is 4. The highest BCUT2D eigenvalue weighted by atomic mass is 32.2. The standard InChI is InChI=1S/C15H21NO4S/c1-11(16(2)15(17)14-5-4-10-20-14)12-6-8-13(9-7-12)21(3,18)19/h6-9,11,14H,4-5,10H2,1-3H3/t11-,14+/m1/s1. The van der Waals surface area contributed by atoms with Gasteiger partial charge in [0, 0.05) is 19.9 Å². The predicted molar refractivity (Wildman–Crippen MR) is 79.7 cm³/mol. The minimum Gasteiger partial charge on any atom is -0.368 e. The first kappa shape index (κ1) is 16.0. The summed E-state index contributed by atoms with van der Waals surface area (Å²) in [6.45, 7) is 2.56. The molecule has 1 saturated heterocycles. The quantitative estimate of drug-likeness (QED) is 0.850. The van der Waals surface area contributed by atoms with Gasteiger partial charge in [-0.25, -0.2) is 8.42 Å². The molecule has 1 aromatic carbocycles. The number of likely N-dealkylation sites (N-methyl/N-ethyl adjacent to an activating group) is 1. The Bertz CT molecular complexity index is 603. The third-order valence-corrected chi connectivity index (χ3v) is 5.05. The summed E-state index contributed by atoms with van der Waals surface area (Å²) in [5.74, 6) is -0.0211. The molecule has 0 spiro atoms. The normalized spacial score (nSPS) is 20.2. The number of carbonyl (C=O) groups excluding carboxylic acids is 1. The Morgan fingerprint density at radius 3 is 2.43 bits per heavy atom. The molecule has 1 amide bonds. The molecule has 0 saturated carbocycles. The van der Waals surface area contributed by atoms with Crippen LogP contribution in [0.5, 0.6) is 0 Å². The van der Waals surface area contributed by atoms with Gasteiger partial charge < -0.3 is 9.64 Å². The lowest BCUT2D eigenvalue weighted by atomic mass is 10.1. The van der Waals surface area contributed by atoms with Crippen molar-refractivity contribution in [3.63, 3.8) is 0 Å². The molecule has 0 unspecified atom stereocenters. The number of nitrogens with zero attached hydrogens (tertiary/aromatic N) is 1. The Hall–Kier alpha value is -1.40. The van der Waals surface area contributed by atoms with Crippen LogP contribution in [-0.4, -0.2) is 45.2 Å². The molecule has 116 valence electrons. The van der Waals surface area contributed by atoms with Gasteiger partial charge in [0.15, 0.2) is 9.84 Å². The maximum absolute atomic E-state index is 12.3. The summed E-state index contributed by atoms with van der Waals surface area (Å²) in [5.41, 5.74) is 0.899. The first-order chi connectivity index (χ1) is 9.80. The monoisotopic (exact) mass is 311 g/mol. The van der Waals surface area contributed by atoms with Gasteiger partial charge in [0.05, 0.1) is 10.9 Å². The van der Waals surface area contributed by atoms with Crippen LogP contribution < -0.4 is 0 Å². The average molecular weight is 311 g/mol. The maximum Gasteiger partial charge on any atom is 0.251 e. The lowest BCUT2D eigenvalue weighted by molar-refractivity contribution is -0.141. The molecule has 0 aliphatic carbocycles. The summed E-state index contributed by atoms with van der Waals surface area (Å²) in [6.07, 6.45) is 2.52. The van der Waals surface area contributed by atoms with Crippen LogP contribution in [0.1, 0.15) is 31.4 Å². The molecule has 1 aromatic rings. The Morgan fingerprint density at radius 2 is 1.95 bits per heavy atom. The van der Waals surface area contributed by atoms with Gasteiger partial charge in [-0.1, -0.05) is 12.1 Å². The Labute approximate surface area is 125 Å². The van der Waals surface area contributed by atoms with E-state index in [1.165, 1.54) is 6.26 Å². The average Bonchev–Trinajstić information content (AvgIpc) is 2.98. The van der Waals surface area contributed by atoms with E-state index in [4.69, 9.17) is 4.74 Å². The van der Waals surface area contributed by atoms with E-state index in [1.54, 1.807) is 36.2 Å². The van der Waals surface area contributed by atoms with E-state index in [1.807, 2.05) is 6.92 Å². The molecule has 6 heteroatoms. The van der Waals surface area contributed by atoms with Crippen molar-refractivity contribution in [3.05, 3.63) is 29.8 Å². The molecule has 0 bridgehead atoms. The SMILES string of the molecule is C[C@H](c1ccc(S(C)(=O)=O)cc1)N(C)C(=O)[C@@H]1CCCO1. The molecular formula is C15H21NO4S. The summed E-state index contributed by atoms with van der Waals surface area (Å²) in [5, 5.41) is 0. The van der Waals surface area contributed by atoms with Crippen molar-refractivity contribution in [1.29, 1.82) is 0 Å². The minimum absolute atomic E-state index is 0.0211. The van der Waals surface area contributed by atoms with Crippen molar-refractivity contribution in [3.8, 4) is 0 Å². The first-order valence-corrected chi connectivity index (χ1v) is 8.88. The molecule has 5 nitrogen and oxygen atoms in total. The van der Waals surface area contributed by atoms with Crippen molar-refractivity contribution in [2.45, 2.75) is 36.8 Å². The first-order valence-electron chi connectivity index (χ1n) is 6.99. The van der Waals surface area contributed by atoms with Crippen LogP contribution in [0.4, 0.5) is 0 Å². The van der Waals surface area contributed by atoms with E-state index >= 15 is 0 Å². The molecule has 21 heavy (non-hydrogen) atoms. The molecule has 1 fully saturated rings. The number of carbonyl (C=O) groups is 1. The van der Waals surface area contributed by atoms with Gasteiger partial charge in [0.1, 0.15) is 6.10 Å². The largest absolute Gasteiger partial charge is 0.368 e. The van der Waals surface area contributed by atoms with Crippen molar-refractivity contribution < 1.29 is 17.9 Å². The van der Waals surface area contributed by atoms with Crippen LogP contribution in [-0.2, 0) is 19.4 Å². The molecule has 1 heterocycles. The maximum atomic E-state index is 12.3. The zero-order valence-electron chi connectivity index (χ0n) is 12.6. The zero-order valence-corrected chi connectivity index (χ0v) is 13.4. The molecule has 1 aliphatic heterocycles. The summed E-state index contributed by atoms with van der Waals surface area (Å²) in [6, 6.07) is 6.52. The number of benzene rings is 1. The van der Waals surface area contributed by atoms with Crippen LogP contribution >= 0.6 is 0 Å². The van der Waals surface area contributed by atoms with Gasteiger partial charge >= 0.3 is 0 Å². The number of sulfone groups is 1. The summed E-state index contributed by atoms with van der Waals surface area (Å²) < 4.78 is 28.3. The molecule has 0 radical (unpaired) electrons. The highest BCUT2D eigenvalue weighted by Gasteiger charge is 2.29. The van der Waals surface area contributed by atoms with Gasteiger partial charge in [-0.05, 0) is 37.5 Å². The van der Waals surface area contributed by atoms with Crippen LogP contribution in [0.25, 0.3) is 0 Å². The second-order valence-electron chi connectivity index (χ2n) is 5.47. The van der Waals surface area contributed by atoms with E-state index in [0.29, 0.717) is 6.61 Å². The van der Waals surface area contributed by atoms with Crippen LogP contribution in [0.2, 0.25) is 0 Å². The number of rotatable bonds is 4. The van der Waals surface area contributed by atoms with Gasteiger partial charge in [-0.2, -0.15) is 0 Å². The highest BCUT2D eigenvalue weighted by molar-refractivity contribution is 7.90. The fourth-order valence-corrected chi connectivity index (χ4v) is 3.04. The van der Waals surface area contributed by atoms with E-state index in [0.717, 1.165) is 18.4 Å². The summed E-state index contributed by atoms with van der Waals surface area (Å²) in [7, 11) is -1.45. The molecular weight excluding hydrogens is 290 g/mol. The van der Waals surface area contributed by atoms with Crippen molar-refractivity contribution in [2.75, 3.05) is 19.9 Å². The van der Waals surface area contributed by atoms with Gasteiger partial charge in [-0.15, -0.1) is 0 Å². The number of hydrogen-bond donors (Lipinski definition) is 0. The second-order valence-corrected chi connectivity index (χ2v) is 7.48. The lowest BCUT2D eigenvalue weighted by Crippen LogP contribution is -2.37. The van der Waals surface area contributed by atoms with E-state index in [-0.39, 0.29) is 22.9 Å². The number of ether oxygens (including phenoxy) is 1. The smallest absolute Gasteiger partial charge is 0.251 e. The number of amides is 1. The fourth-order valence-electron chi connectivity index (χ4n) is 2.41. The van der Waals surface area contributed by atoms with Crippen molar-refractivity contribution in [2.24, 2.45) is 0 Å². The minimum atomic E-state index is -3.20. The Kier molecular flexibility index (Phi) is 4.68. The Balaban J connectivity index is 2.11. The second kappa shape index (κ2) is 6.15. The zero-order chi connectivity index (χ0) is 15.6. The van der Waals surface area contributed by atoms with Gasteiger partial charge in [0.2, 0.25) is 0 Å².